The molecule has 1 aromatic rings. The first kappa shape index (κ1) is 19.0. The molecule has 0 spiro atoms. The van der Waals surface area contributed by atoms with Crippen LogP contribution in [0.1, 0.15) is 45.0 Å². The summed E-state index contributed by atoms with van der Waals surface area (Å²) < 4.78 is 5.30. The second-order valence-electron chi connectivity index (χ2n) is 7.13. The number of carbonyl (C=O) groups excluding carboxylic acids is 2. The van der Waals surface area contributed by atoms with E-state index < -0.39 is 5.60 Å². The van der Waals surface area contributed by atoms with Crippen molar-refractivity contribution < 1.29 is 14.3 Å². The molecule has 2 rings (SSSR count). The lowest BCUT2D eigenvalue weighted by atomic mass is 10.1. The van der Waals surface area contributed by atoms with Crippen molar-refractivity contribution in [3.05, 3.63) is 23.9 Å². The maximum absolute atomic E-state index is 12.3. The van der Waals surface area contributed by atoms with E-state index in [0.717, 1.165) is 18.9 Å². The predicted molar refractivity (Wildman–Crippen MR) is 96.9 cm³/mol. The maximum Gasteiger partial charge on any atom is 0.410 e. The molecule has 0 unspecified atom stereocenters. The molecule has 1 aromatic heterocycles. The Hall–Kier alpha value is -2.31. The van der Waals surface area contributed by atoms with Crippen molar-refractivity contribution in [3.63, 3.8) is 0 Å². The van der Waals surface area contributed by atoms with Crippen LogP contribution in [-0.4, -0.2) is 59.7 Å². The molecular weight excluding hydrogens is 320 g/mol. The zero-order valence-electron chi connectivity index (χ0n) is 15.7. The van der Waals surface area contributed by atoms with Crippen molar-refractivity contribution in [2.75, 3.05) is 31.1 Å². The molecule has 1 fully saturated rings. The number of aromatic nitrogens is 1. The molecular formula is C18H28N4O3. The lowest BCUT2D eigenvalue weighted by molar-refractivity contribution is 0.00533. The zero-order chi connectivity index (χ0) is 18.6. The summed E-state index contributed by atoms with van der Waals surface area (Å²) in [5.74, 6) is 0.689. The van der Waals surface area contributed by atoms with Gasteiger partial charge in [-0.3, -0.25) is 4.79 Å². The van der Waals surface area contributed by atoms with Crippen LogP contribution >= 0.6 is 0 Å². The minimum absolute atomic E-state index is 0.0533. The lowest BCUT2D eigenvalue weighted by Gasteiger charge is -2.39. The summed E-state index contributed by atoms with van der Waals surface area (Å²) >= 11 is 0. The van der Waals surface area contributed by atoms with Gasteiger partial charge in [-0.25, -0.2) is 9.78 Å². The molecule has 138 valence electrons. The fourth-order valence-electron chi connectivity index (χ4n) is 2.57. The number of hydrogen-bond acceptors (Lipinski definition) is 5. The van der Waals surface area contributed by atoms with E-state index in [1.165, 1.54) is 0 Å². The summed E-state index contributed by atoms with van der Waals surface area (Å²) in [5, 5.41) is 2.92. The monoisotopic (exact) mass is 348 g/mol. The quantitative estimate of drug-likeness (QED) is 0.883. The van der Waals surface area contributed by atoms with Gasteiger partial charge >= 0.3 is 6.09 Å². The molecule has 1 saturated heterocycles. The highest BCUT2D eigenvalue weighted by atomic mass is 16.6. The third-order valence-corrected chi connectivity index (χ3v) is 3.97. The van der Waals surface area contributed by atoms with Crippen LogP contribution in [0.2, 0.25) is 0 Å². The van der Waals surface area contributed by atoms with Crippen molar-refractivity contribution in [1.29, 1.82) is 0 Å². The molecule has 0 atom stereocenters. The molecule has 25 heavy (non-hydrogen) atoms. The minimum Gasteiger partial charge on any atom is -0.444 e. The van der Waals surface area contributed by atoms with E-state index >= 15 is 0 Å². The number of pyridine rings is 1. The molecule has 1 N–H and O–H groups in total. The van der Waals surface area contributed by atoms with E-state index in [2.05, 4.69) is 29.0 Å². The standard InChI is InChI=1S/C18H28N4O3/c1-6-21(7-2)15-9-8-13(10-19-15)16(23)20-14-11-22(12-14)17(24)25-18(3,4)5/h8-10,14H,6-7,11-12H2,1-5H3,(H,20,23). The van der Waals surface area contributed by atoms with Crippen molar-refractivity contribution in [2.24, 2.45) is 0 Å². The zero-order valence-corrected chi connectivity index (χ0v) is 15.7. The van der Waals surface area contributed by atoms with Crippen LogP contribution in [-0.2, 0) is 4.74 Å². The number of likely N-dealkylation sites (tertiary alicyclic amines) is 1. The van der Waals surface area contributed by atoms with Gasteiger partial charge in [0.25, 0.3) is 5.91 Å². The van der Waals surface area contributed by atoms with E-state index in [9.17, 15) is 9.59 Å². The first-order valence-electron chi connectivity index (χ1n) is 8.73. The topological polar surface area (TPSA) is 74.8 Å². The SMILES string of the molecule is CCN(CC)c1ccc(C(=O)NC2CN(C(=O)OC(C)(C)C)C2)cn1. The third kappa shape index (κ3) is 5.08. The average Bonchev–Trinajstić information content (AvgIpc) is 2.50. The number of hydrogen-bond donors (Lipinski definition) is 1. The molecule has 1 aliphatic rings. The predicted octanol–water partition coefficient (Wildman–Crippen LogP) is 2.28. The smallest absolute Gasteiger partial charge is 0.410 e. The molecule has 7 heteroatoms. The van der Waals surface area contributed by atoms with Crippen molar-refractivity contribution in [1.82, 2.24) is 15.2 Å². The summed E-state index contributed by atoms with van der Waals surface area (Å²) in [6, 6.07) is 3.58. The van der Waals surface area contributed by atoms with E-state index in [-0.39, 0.29) is 18.0 Å². The van der Waals surface area contributed by atoms with Crippen LogP contribution in [0.25, 0.3) is 0 Å². The molecule has 2 heterocycles. The van der Waals surface area contributed by atoms with E-state index in [0.29, 0.717) is 18.7 Å². The van der Waals surface area contributed by atoms with Crippen LogP contribution in [0.3, 0.4) is 0 Å². The van der Waals surface area contributed by atoms with Crippen molar-refractivity contribution in [2.45, 2.75) is 46.3 Å². The molecule has 0 aromatic carbocycles. The highest BCUT2D eigenvalue weighted by Gasteiger charge is 2.34. The van der Waals surface area contributed by atoms with Gasteiger partial charge in [-0.1, -0.05) is 0 Å². The van der Waals surface area contributed by atoms with Crippen LogP contribution in [0.15, 0.2) is 18.3 Å². The van der Waals surface area contributed by atoms with E-state index in [4.69, 9.17) is 4.74 Å². The summed E-state index contributed by atoms with van der Waals surface area (Å²) in [5.41, 5.74) is 0.00980. The maximum atomic E-state index is 12.3. The molecule has 0 radical (unpaired) electrons. The van der Waals surface area contributed by atoms with Crippen LogP contribution in [0, 0.1) is 0 Å². The van der Waals surface area contributed by atoms with Gasteiger partial charge in [-0.15, -0.1) is 0 Å². The molecule has 2 amide bonds. The lowest BCUT2D eigenvalue weighted by Crippen LogP contribution is -2.61. The van der Waals surface area contributed by atoms with Gasteiger partial charge < -0.3 is 19.9 Å². The van der Waals surface area contributed by atoms with Gasteiger partial charge in [0.15, 0.2) is 0 Å². The van der Waals surface area contributed by atoms with Gasteiger partial charge in [0.2, 0.25) is 0 Å². The number of nitrogens with one attached hydrogen (secondary N) is 1. The van der Waals surface area contributed by atoms with E-state index in [1.54, 1.807) is 17.2 Å². The van der Waals surface area contributed by atoms with Gasteiger partial charge in [-0.2, -0.15) is 0 Å². The number of nitrogens with zero attached hydrogens (tertiary/aromatic N) is 3. The Morgan fingerprint density at radius 2 is 1.92 bits per heavy atom. The molecule has 1 aliphatic heterocycles. The third-order valence-electron chi connectivity index (χ3n) is 3.97. The number of anilines is 1. The van der Waals surface area contributed by atoms with Gasteiger partial charge in [0.05, 0.1) is 11.6 Å². The van der Waals surface area contributed by atoms with Gasteiger partial charge in [-0.05, 0) is 46.8 Å². The fraction of sp³-hybridized carbons (Fsp3) is 0.611. The Morgan fingerprint density at radius 1 is 1.28 bits per heavy atom. The second-order valence-corrected chi connectivity index (χ2v) is 7.13. The summed E-state index contributed by atoms with van der Waals surface area (Å²) in [7, 11) is 0. The average molecular weight is 348 g/mol. The van der Waals surface area contributed by atoms with Crippen LogP contribution in [0.4, 0.5) is 10.6 Å². The normalized spacial score (nSPS) is 14.7. The Balaban J connectivity index is 1.83. The second kappa shape index (κ2) is 7.72. The molecule has 0 bridgehead atoms. The Bertz CT molecular complexity index is 600. The molecule has 0 saturated carbocycles. The Labute approximate surface area is 149 Å². The Morgan fingerprint density at radius 3 is 2.40 bits per heavy atom. The molecule has 7 nitrogen and oxygen atoms in total. The summed E-state index contributed by atoms with van der Waals surface area (Å²) in [6.45, 7) is 12.3. The molecule has 0 aliphatic carbocycles. The Kier molecular flexibility index (Phi) is 5.87. The summed E-state index contributed by atoms with van der Waals surface area (Å²) in [6.07, 6.45) is 1.25. The fourth-order valence-corrected chi connectivity index (χ4v) is 2.57. The van der Waals surface area contributed by atoms with Crippen LogP contribution in [0.5, 0.6) is 0 Å². The van der Waals surface area contributed by atoms with Crippen molar-refractivity contribution >= 4 is 17.8 Å². The first-order valence-corrected chi connectivity index (χ1v) is 8.73. The summed E-state index contributed by atoms with van der Waals surface area (Å²) in [4.78, 5) is 32.2. The first-order chi connectivity index (χ1) is 11.7. The van der Waals surface area contributed by atoms with Gasteiger partial charge in [0.1, 0.15) is 11.4 Å². The van der Waals surface area contributed by atoms with Gasteiger partial charge in [0, 0.05) is 32.4 Å². The number of ether oxygens (including phenoxy) is 1. The van der Waals surface area contributed by atoms with Crippen LogP contribution < -0.4 is 10.2 Å². The number of amides is 2. The highest BCUT2D eigenvalue weighted by molar-refractivity contribution is 5.94. The highest BCUT2D eigenvalue weighted by Crippen LogP contribution is 2.16. The number of rotatable bonds is 5. The largest absolute Gasteiger partial charge is 0.444 e. The minimum atomic E-state index is -0.510. The van der Waals surface area contributed by atoms with Crippen molar-refractivity contribution in [3.8, 4) is 0 Å². The number of carbonyl (C=O) groups is 2. The van der Waals surface area contributed by atoms with E-state index in [1.807, 2.05) is 26.8 Å².